The summed E-state index contributed by atoms with van der Waals surface area (Å²) < 4.78 is 23.8. The average molecular weight is 351 g/mol. The van der Waals surface area contributed by atoms with E-state index >= 15 is 0 Å². The number of nitrogens with zero attached hydrogens (tertiary/aromatic N) is 3. The standard InChI is InChI=1S/C16H22N4O3S/c1-24(22,23)15-18-10-11-9-16(7-4-8-17-14(16)21)20(13(11)19-15)12-5-2-3-6-12/h10,12H,2-9H2,1H3,(H,17,21)/p+1. The lowest BCUT2D eigenvalue weighted by Crippen LogP contribution is -2.96. The van der Waals surface area contributed by atoms with Crippen LogP contribution >= 0.6 is 0 Å². The van der Waals surface area contributed by atoms with Gasteiger partial charge >= 0.3 is 5.91 Å². The van der Waals surface area contributed by atoms with Crippen LogP contribution in [0.25, 0.3) is 0 Å². The van der Waals surface area contributed by atoms with E-state index in [2.05, 4.69) is 14.9 Å². The normalized spacial score (nSPS) is 27.9. The number of piperidine rings is 1. The molecule has 1 spiro atoms. The summed E-state index contributed by atoms with van der Waals surface area (Å²) in [5, 5.41) is 1.66. The van der Waals surface area contributed by atoms with Crippen LogP contribution in [-0.2, 0) is 21.1 Å². The van der Waals surface area contributed by atoms with Crippen molar-refractivity contribution in [2.45, 2.75) is 61.7 Å². The molecule has 1 atom stereocenters. The van der Waals surface area contributed by atoms with Gasteiger partial charge in [0, 0.05) is 30.5 Å². The van der Waals surface area contributed by atoms with Gasteiger partial charge in [-0.1, -0.05) is 12.8 Å². The van der Waals surface area contributed by atoms with Crippen LogP contribution in [0.3, 0.4) is 0 Å². The lowest BCUT2D eigenvalue weighted by molar-refractivity contribution is -0.579. The number of sulfone groups is 1. The van der Waals surface area contributed by atoms with Gasteiger partial charge in [0.2, 0.25) is 15.0 Å². The third kappa shape index (κ3) is 2.35. The Morgan fingerprint density at radius 2 is 2.04 bits per heavy atom. The predicted octanol–water partition coefficient (Wildman–Crippen LogP) is -0.192. The fraction of sp³-hybridized carbons (Fsp3) is 0.688. The molecule has 1 aliphatic carbocycles. The minimum Gasteiger partial charge on any atom is -0.335 e. The van der Waals surface area contributed by atoms with Crippen LogP contribution in [0.15, 0.2) is 11.4 Å². The highest BCUT2D eigenvalue weighted by Gasteiger charge is 2.56. The number of primary amides is 1. The summed E-state index contributed by atoms with van der Waals surface area (Å²) >= 11 is 0. The van der Waals surface area contributed by atoms with Gasteiger partial charge in [-0.15, -0.1) is 0 Å². The fourth-order valence-electron chi connectivity index (χ4n) is 4.54. The summed E-state index contributed by atoms with van der Waals surface area (Å²) in [6.45, 7) is 0.829. The van der Waals surface area contributed by atoms with Crippen molar-refractivity contribution in [1.29, 1.82) is 0 Å². The Morgan fingerprint density at radius 1 is 1.29 bits per heavy atom. The molecule has 7 nitrogen and oxygen atoms in total. The molecule has 1 aromatic rings. The Bertz CT molecular complexity index is 789. The third-order valence-electron chi connectivity index (χ3n) is 5.60. The van der Waals surface area contributed by atoms with Crippen LogP contribution < -0.4 is 10.2 Å². The van der Waals surface area contributed by atoms with E-state index in [9.17, 15) is 13.2 Å². The second-order valence-corrected chi connectivity index (χ2v) is 9.16. The fourth-order valence-corrected chi connectivity index (χ4v) is 5.03. The van der Waals surface area contributed by atoms with Crippen molar-refractivity contribution in [2.75, 3.05) is 17.7 Å². The maximum Gasteiger partial charge on any atom is 0.336 e. The molecule has 24 heavy (non-hydrogen) atoms. The van der Waals surface area contributed by atoms with E-state index in [4.69, 9.17) is 0 Å². The molecule has 1 aromatic heterocycles. The van der Waals surface area contributed by atoms with Crippen LogP contribution in [0.1, 0.15) is 44.1 Å². The molecule has 0 aromatic carbocycles. The van der Waals surface area contributed by atoms with Gasteiger partial charge in [-0.3, -0.25) is 5.32 Å². The molecule has 0 radical (unpaired) electrons. The highest BCUT2D eigenvalue weighted by atomic mass is 32.2. The largest absolute Gasteiger partial charge is 0.336 e. The SMILES string of the molecule is CS(=O)(=O)c1ncc2c(n1)N(C1CCCC1)C1(CCC[NH2+]C1=O)C2. The van der Waals surface area contributed by atoms with E-state index in [1.54, 1.807) is 6.20 Å². The summed E-state index contributed by atoms with van der Waals surface area (Å²) in [5.41, 5.74) is 0.332. The number of amides is 1. The van der Waals surface area contributed by atoms with Gasteiger partial charge in [0.05, 0.1) is 6.54 Å². The molecule has 4 rings (SSSR count). The molecular formula is C16H23N4O3S+. The van der Waals surface area contributed by atoms with E-state index in [1.165, 1.54) is 0 Å². The minimum atomic E-state index is -3.47. The molecule has 1 saturated heterocycles. The number of carbonyl (C=O) groups excluding carboxylic acids is 1. The minimum absolute atomic E-state index is 0.145. The van der Waals surface area contributed by atoms with Crippen molar-refractivity contribution in [2.24, 2.45) is 0 Å². The molecule has 2 fully saturated rings. The second-order valence-electron chi connectivity index (χ2n) is 7.25. The number of aromatic nitrogens is 2. The summed E-state index contributed by atoms with van der Waals surface area (Å²) in [6, 6.07) is 0.268. The summed E-state index contributed by atoms with van der Waals surface area (Å²) in [4.78, 5) is 23.5. The van der Waals surface area contributed by atoms with Crippen LogP contribution in [-0.4, -0.2) is 48.7 Å². The lowest BCUT2D eigenvalue weighted by atomic mass is 9.84. The number of anilines is 1. The molecule has 130 valence electrons. The van der Waals surface area contributed by atoms with E-state index in [1.807, 2.05) is 5.32 Å². The first-order valence-corrected chi connectivity index (χ1v) is 10.5. The van der Waals surface area contributed by atoms with Crippen molar-refractivity contribution in [1.82, 2.24) is 9.97 Å². The molecule has 3 heterocycles. The number of fused-ring (bicyclic) bond motifs is 1. The molecular weight excluding hydrogens is 328 g/mol. The zero-order valence-electron chi connectivity index (χ0n) is 13.9. The second kappa shape index (κ2) is 5.49. The smallest absolute Gasteiger partial charge is 0.335 e. The van der Waals surface area contributed by atoms with Crippen molar-refractivity contribution in [3.63, 3.8) is 0 Å². The van der Waals surface area contributed by atoms with Crippen molar-refractivity contribution >= 4 is 21.6 Å². The zero-order valence-corrected chi connectivity index (χ0v) is 14.7. The number of hydrogen-bond donors (Lipinski definition) is 1. The first-order chi connectivity index (χ1) is 11.4. The maximum atomic E-state index is 12.9. The highest BCUT2D eigenvalue weighted by Crippen LogP contribution is 2.45. The first kappa shape index (κ1) is 16.0. The van der Waals surface area contributed by atoms with Crippen LogP contribution in [0, 0.1) is 0 Å². The number of hydrogen-bond acceptors (Lipinski definition) is 6. The van der Waals surface area contributed by atoms with Crippen LogP contribution in [0.2, 0.25) is 0 Å². The monoisotopic (exact) mass is 351 g/mol. The van der Waals surface area contributed by atoms with Gasteiger partial charge in [0.15, 0.2) is 5.54 Å². The molecule has 2 N–H and O–H groups in total. The molecule has 8 heteroatoms. The Kier molecular flexibility index (Phi) is 3.65. The maximum absolute atomic E-state index is 12.9. The Morgan fingerprint density at radius 3 is 2.71 bits per heavy atom. The van der Waals surface area contributed by atoms with Gasteiger partial charge in [0.25, 0.3) is 0 Å². The Hall–Kier alpha value is -1.54. The van der Waals surface area contributed by atoms with Gasteiger partial charge in [-0.2, -0.15) is 0 Å². The quantitative estimate of drug-likeness (QED) is 0.742. The van der Waals surface area contributed by atoms with Crippen molar-refractivity contribution < 1.29 is 18.5 Å². The average Bonchev–Trinajstić information content (AvgIpc) is 3.14. The molecule has 2 aliphatic heterocycles. The van der Waals surface area contributed by atoms with Gasteiger partial charge < -0.3 is 4.90 Å². The van der Waals surface area contributed by atoms with Gasteiger partial charge in [-0.25, -0.2) is 23.2 Å². The van der Waals surface area contributed by atoms with Crippen LogP contribution in [0.5, 0.6) is 0 Å². The third-order valence-corrected chi connectivity index (χ3v) is 6.46. The number of carbonyl (C=O) groups is 1. The number of nitrogens with two attached hydrogens (primary N) is 1. The van der Waals surface area contributed by atoms with Crippen molar-refractivity contribution in [3.05, 3.63) is 11.8 Å². The topological polar surface area (TPSA) is 96.8 Å². The van der Waals surface area contributed by atoms with E-state index in [-0.39, 0.29) is 17.1 Å². The zero-order chi connectivity index (χ0) is 16.9. The predicted molar refractivity (Wildman–Crippen MR) is 87.3 cm³/mol. The molecule has 3 aliphatic rings. The number of rotatable bonds is 2. The molecule has 1 unspecified atom stereocenters. The van der Waals surface area contributed by atoms with Crippen LogP contribution in [0.4, 0.5) is 5.82 Å². The molecule has 1 saturated carbocycles. The molecule has 1 amide bonds. The van der Waals surface area contributed by atoms with Crippen molar-refractivity contribution in [3.8, 4) is 0 Å². The summed E-state index contributed by atoms with van der Waals surface area (Å²) in [6.07, 6.45) is 9.48. The summed E-state index contributed by atoms with van der Waals surface area (Å²) in [5.74, 6) is 0.834. The van der Waals surface area contributed by atoms with Gasteiger partial charge in [0.1, 0.15) is 5.82 Å². The Balaban J connectivity index is 1.85. The molecule has 0 bridgehead atoms. The lowest BCUT2D eigenvalue weighted by Gasteiger charge is -2.42. The van der Waals surface area contributed by atoms with Gasteiger partial charge in [-0.05, 0) is 25.7 Å². The van der Waals surface area contributed by atoms with E-state index in [0.717, 1.165) is 56.9 Å². The number of quaternary nitrogens is 1. The first-order valence-electron chi connectivity index (χ1n) is 8.65. The summed E-state index contributed by atoms with van der Waals surface area (Å²) in [7, 11) is -3.47. The Labute approximate surface area is 141 Å². The van der Waals surface area contributed by atoms with E-state index < -0.39 is 15.4 Å². The van der Waals surface area contributed by atoms with E-state index in [0.29, 0.717) is 12.2 Å². The highest BCUT2D eigenvalue weighted by molar-refractivity contribution is 7.90.